The first-order valence-electron chi connectivity index (χ1n) is 11.6. The number of hydrogen-bond donors (Lipinski definition) is 1. The van der Waals surface area contributed by atoms with Gasteiger partial charge in [-0.1, -0.05) is 111 Å². The Bertz CT molecular complexity index is 1130. The topological polar surface area (TPSA) is 55.4 Å². The van der Waals surface area contributed by atoms with Gasteiger partial charge >= 0.3 is 0 Å². The molecule has 0 radical (unpaired) electrons. The molecule has 0 saturated heterocycles. The van der Waals surface area contributed by atoms with E-state index in [1.54, 1.807) is 24.3 Å². The molecule has 0 aliphatic rings. The maximum Gasteiger partial charge on any atom is 0.261 e. The van der Waals surface area contributed by atoms with Crippen LogP contribution in [0, 0.1) is 6.92 Å². The van der Waals surface area contributed by atoms with E-state index in [0.29, 0.717) is 19.6 Å². The molecule has 0 aliphatic heterocycles. The second-order valence-corrected chi connectivity index (χ2v) is 15.5. The fraction of sp³-hybridized carbons (Fsp3) is 0.286. The summed E-state index contributed by atoms with van der Waals surface area (Å²) in [4.78, 5) is 0.289. The average Bonchev–Trinajstić information content (AvgIpc) is 2.81. The normalized spacial score (nSPS) is 12.8. The van der Waals surface area contributed by atoms with Crippen molar-refractivity contribution in [2.45, 2.75) is 44.0 Å². The molecule has 0 aliphatic carbocycles. The first-order chi connectivity index (χ1) is 16.2. The van der Waals surface area contributed by atoms with Crippen LogP contribution in [0.1, 0.15) is 32.8 Å². The molecule has 1 N–H and O–H groups in total. The Morgan fingerprint density at radius 3 is 1.85 bits per heavy atom. The molecular weight excluding hydrogens is 458 g/mol. The van der Waals surface area contributed by atoms with Gasteiger partial charge in [-0.15, -0.1) is 0 Å². The highest BCUT2D eigenvalue weighted by Crippen LogP contribution is 2.36. The molecule has 180 valence electrons. The molecule has 0 unspecified atom stereocenters. The summed E-state index contributed by atoms with van der Waals surface area (Å²) in [6.45, 7) is 9.50. The number of hydrogen-bond acceptors (Lipinski definition) is 3. The highest BCUT2D eigenvalue weighted by atomic mass is 32.2. The Labute approximate surface area is 205 Å². The molecular formula is C28H35NO3SSi. The van der Waals surface area contributed by atoms with E-state index in [-0.39, 0.29) is 9.93 Å². The van der Waals surface area contributed by atoms with Crippen molar-refractivity contribution in [1.82, 2.24) is 4.72 Å². The Morgan fingerprint density at radius 1 is 0.824 bits per heavy atom. The standard InChI is InChI=1S/C28H35NO3SSi/c1-24-18-20-25(21-19-24)33(30,31)29-22-12-7-13-23-32-34(28(2,3)4,26-14-8-5-9-15-26)27-16-10-6-11-17-27/h5-11,13-21,29H,12,22-23H2,1-4H3. The number of sulfonamides is 1. The fourth-order valence-corrected chi connectivity index (χ4v) is 9.75. The molecule has 0 amide bonds. The van der Waals surface area contributed by atoms with Crippen molar-refractivity contribution in [3.63, 3.8) is 0 Å². The molecule has 3 aromatic rings. The summed E-state index contributed by atoms with van der Waals surface area (Å²) >= 11 is 0. The van der Waals surface area contributed by atoms with Gasteiger partial charge in [-0.25, -0.2) is 13.1 Å². The van der Waals surface area contributed by atoms with Crippen LogP contribution in [0.2, 0.25) is 5.04 Å². The zero-order chi connectivity index (χ0) is 24.7. The van der Waals surface area contributed by atoms with Gasteiger partial charge in [0.2, 0.25) is 10.0 Å². The summed E-state index contributed by atoms with van der Waals surface area (Å²) in [6.07, 6.45) is 4.57. The van der Waals surface area contributed by atoms with Crippen LogP contribution in [0.25, 0.3) is 0 Å². The van der Waals surface area contributed by atoms with Gasteiger partial charge in [0.25, 0.3) is 8.32 Å². The van der Waals surface area contributed by atoms with Crippen molar-refractivity contribution in [1.29, 1.82) is 0 Å². The van der Waals surface area contributed by atoms with E-state index >= 15 is 0 Å². The highest BCUT2D eigenvalue weighted by molar-refractivity contribution is 7.89. The molecule has 3 rings (SSSR count). The predicted octanol–water partition coefficient (Wildman–Crippen LogP) is 4.80. The molecule has 0 bridgehead atoms. The van der Waals surface area contributed by atoms with Crippen molar-refractivity contribution in [3.05, 3.63) is 103 Å². The van der Waals surface area contributed by atoms with Crippen molar-refractivity contribution in [3.8, 4) is 0 Å². The van der Waals surface area contributed by atoms with Crippen molar-refractivity contribution in [2.75, 3.05) is 13.2 Å². The van der Waals surface area contributed by atoms with Crippen molar-refractivity contribution in [2.24, 2.45) is 0 Å². The lowest BCUT2D eigenvalue weighted by atomic mass is 10.2. The average molecular weight is 494 g/mol. The third kappa shape index (κ3) is 6.13. The molecule has 0 atom stereocenters. The van der Waals surface area contributed by atoms with E-state index in [1.807, 2.05) is 31.2 Å². The van der Waals surface area contributed by atoms with Gasteiger partial charge in [0.05, 0.1) is 11.5 Å². The van der Waals surface area contributed by atoms with Gasteiger partial charge in [0.15, 0.2) is 0 Å². The van der Waals surface area contributed by atoms with Gasteiger partial charge in [-0.3, -0.25) is 0 Å². The largest absolute Gasteiger partial charge is 0.404 e. The van der Waals surface area contributed by atoms with Gasteiger partial charge in [0, 0.05) is 6.54 Å². The monoisotopic (exact) mass is 493 g/mol. The molecule has 34 heavy (non-hydrogen) atoms. The number of aryl methyl sites for hydroxylation is 1. The van der Waals surface area contributed by atoms with Crippen LogP contribution in [-0.2, 0) is 14.4 Å². The van der Waals surface area contributed by atoms with Crippen LogP contribution in [0.15, 0.2) is 102 Å². The van der Waals surface area contributed by atoms with Crippen molar-refractivity contribution < 1.29 is 12.8 Å². The Kier molecular flexibility index (Phi) is 8.65. The molecule has 0 heterocycles. The second kappa shape index (κ2) is 11.3. The van der Waals surface area contributed by atoms with Crippen LogP contribution in [0.3, 0.4) is 0 Å². The van der Waals surface area contributed by atoms with Crippen LogP contribution in [-0.4, -0.2) is 29.9 Å². The van der Waals surface area contributed by atoms with Crippen LogP contribution in [0.5, 0.6) is 0 Å². The summed E-state index contributed by atoms with van der Waals surface area (Å²) in [5.74, 6) is 0. The summed E-state index contributed by atoms with van der Waals surface area (Å²) in [5, 5.41) is 2.41. The third-order valence-corrected chi connectivity index (χ3v) is 12.4. The third-order valence-electron chi connectivity index (χ3n) is 5.91. The fourth-order valence-electron chi connectivity index (χ4n) is 4.20. The zero-order valence-electron chi connectivity index (χ0n) is 20.5. The number of rotatable bonds is 10. The van der Waals surface area contributed by atoms with Gasteiger partial charge in [-0.2, -0.15) is 0 Å². The minimum Gasteiger partial charge on any atom is -0.404 e. The van der Waals surface area contributed by atoms with Crippen LogP contribution < -0.4 is 15.1 Å². The minimum absolute atomic E-state index is 0.0762. The minimum atomic E-state index is -3.49. The van der Waals surface area contributed by atoms with E-state index in [1.165, 1.54) is 10.4 Å². The van der Waals surface area contributed by atoms with Crippen LogP contribution >= 0.6 is 0 Å². The number of benzene rings is 3. The van der Waals surface area contributed by atoms with E-state index in [2.05, 4.69) is 74.0 Å². The summed E-state index contributed by atoms with van der Waals surface area (Å²) < 4.78 is 34.3. The zero-order valence-corrected chi connectivity index (χ0v) is 22.3. The first kappa shape index (κ1) is 26.1. The van der Waals surface area contributed by atoms with Gasteiger partial charge < -0.3 is 4.43 Å². The van der Waals surface area contributed by atoms with Gasteiger partial charge in [-0.05, 0) is 40.9 Å². The van der Waals surface area contributed by atoms with E-state index in [4.69, 9.17) is 4.43 Å². The summed E-state index contributed by atoms with van der Waals surface area (Å²) in [5.41, 5.74) is 1.03. The lowest BCUT2D eigenvalue weighted by Gasteiger charge is -2.42. The lowest BCUT2D eigenvalue weighted by molar-refractivity contribution is 0.339. The van der Waals surface area contributed by atoms with E-state index in [0.717, 1.165) is 5.56 Å². The molecule has 0 spiro atoms. The molecule has 6 heteroatoms. The Balaban J connectivity index is 1.68. The Morgan fingerprint density at radius 2 is 1.35 bits per heavy atom. The SMILES string of the molecule is Cc1ccc(S(=O)(=O)NCCC=CCO[Si](c2ccccc2)(c2ccccc2)C(C)(C)C)cc1. The summed E-state index contributed by atoms with van der Waals surface area (Å²) in [7, 11) is -6.05. The van der Waals surface area contributed by atoms with Gasteiger partial charge in [0.1, 0.15) is 0 Å². The molecule has 0 aromatic heterocycles. The molecule has 0 fully saturated rings. The maximum atomic E-state index is 12.4. The smallest absolute Gasteiger partial charge is 0.261 e. The molecule has 4 nitrogen and oxygen atoms in total. The lowest BCUT2D eigenvalue weighted by Crippen LogP contribution is -2.66. The van der Waals surface area contributed by atoms with Crippen molar-refractivity contribution >= 4 is 28.7 Å². The van der Waals surface area contributed by atoms with E-state index in [9.17, 15) is 8.42 Å². The quantitative estimate of drug-likeness (QED) is 0.251. The number of nitrogens with one attached hydrogen (secondary N) is 1. The first-order valence-corrected chi connectivity index (χ1v) is 15.0. The maximum absolute atomic E-state index is 12.4. The van der Waals surface area contributed by atoms with E-state index < -0.39 is 18.3 Å². The molecule has 3 aromatic carbocycles. The van der Waals surface area contributed by atoms with Crippen LogP contribution in [0.4, 0.5) is 0 Å². The highest BCUT2D eigenvalue weighted by Gasteiger charge is 2.49. The second-order valence-electron chi connectivity index (χ2n) is 9.45. The molecule has 0 saturated carbocycles. The summed E-state index contributed by atoms with van der Waals surface area (Å²) in [6, 6.07) is 27.9. The predicted molar refractivity (Wildman–Crippen MR) is 144 cm³/mol. The Hall–Kier alpha value is -2.51.